The highest BCUT2D eigenvalue weighted by molar-refractivity contribution is 5.85. The van der Waals surface area contributed by atoms with Crippen LogP contribution in [0.3, 0.4) is 0 Å². The second-order valence-electron chi connectivity index (χ2n) is 7.10. The molecule has 1 aliphatic rings. The van der Waals surface area contributed by atoms with Gasteiger partial charge < -0.3 is 10.2 Å². The molecule has 3 nitrogen and oxygen atoms in total. The van der Waals surface area contributed by atoms with Crippen molar-refractivity contribution in [1.29, 1.82) is 0 Å². The third-order valence-electron chi connectivity index (χ3n) is 5.55. The van der Waals surface area contributed by atoms with Gasteiger partial charge in [-0.1, -0.05) is 68.4 Å². The number of carbonyl (C=O) groups excluding carboxylic acids is 1. The zero-order valence-electron chi connectivity index (χ0n) is 16.4. The highest BCUT2D eigenvalue weighted by Crippen LogP contribution is 2.42. The number of carbonyl (C=O) groups is 1. The first-order valence-corrected chi connectivity index (χ1v) is 9.87. The van der Waals surface area contributed by atoms with Crippen molar-refractivity contribution in [2.24, 2.45) is 0 Å². The number of fused-ring (bicyclic) bond motifs is 1. The molecule has 3 rings (SSSR count). The van der Waals surface area contributed by atoms with Crippen molar-refractivity contribution in [3.05, 3.63) is 71.3 Å². The van der Waals surface area contributed by atoms with Crippen molar-refractivity contribution in [2.45, 2.75) is 45.1 Å². The minimum absolute atomic E-state index is 0. The Balaban J connectivity index is 0.00000261. The van der Waals surface area contributed by atoms with Gasteiger partial charge in [0.05, 0.1) is 6.04 Å². The highest BCUT2D eigenvalue weighted by atomic mass is 35.5. The van der Waals surface area contributed by atoms with Crippen molar-refractivity contribution >= 4 is 18.3 Å². The number of nitrogens with zero attached hydrogens (tertiary/aromatic N) is 1. The van der Waals surface area contributed by atoms with Gasteiger partial charge in [0.25, 0.3) is 0 Å². The van der Waals surface area contributed by atoms with Crippen LogP contribution >= 0.6 is 12.4 Å². The van der Waals surface area contributed by atoms with E-state index in [0.29, 0.717) is 12.3 Å². The lowest BCUT2D eigenvalue weighted by Crippen LogP contribution is -2.31. The Kier molecular flexibility index (Phi) is 8.33. The summed E-state index contributed by atoms with van der Waals surface area (Å²) in [6.45, 7) is 7.42. The predicted molar refractivity (Wildman–Crippen MR) is 114 cm³/mol. The molecule has 27 heavy (non-hydrogen) atoms. The van der Waals surface area contributed by atoms with E-state index in [2.05, 4.69) is 72.6 Å². The number of halogens is 1. The molecule has 4 heteroatoms. The molecular weight excluding hydrogens is 356 g/mol. The van der Waals surface area contributed by atoms with Crippen LogP contribution in [0.25, 0.3) is 0 Å². The molecule has 2 aromatic carbocycles. The van der Waals surface area contributed by atoms with Gasteiger partial charge in [-0.05, 0) is 49.2 Å². The molecule has 1 aliphatic carbocycles. The summed E-state index contributed by atoms with van der Waals surface area (Å²) in [5.41, 5.74) is 3.94. The van der Waals surface area contributed by atoms with E-state index in [1.807, 2.05) is 6.07 Å². The zero-order chi connectivity index (χ0) is 18.4. The normalized spacial score (nSPS) is 18.0. The van der Waals surface area contributed by atoms with Crippen LogP contribution in [0.15, 0.2) is 54.6 Å². The molecule has 0 heterocycles. The minimum atomic E-state index is 0. The van der Waals surface area contributed by atoms with E-state index in [0.717, 1.165) is 32.5 Å². The molecule has 0 fully saturated rings. The topological polar surface area (TPSA) is 32.3 Å². The van der Waals surface area contributed by atoms with E-state index >= 15 is 0 Å². The van der Waals surface area contributed by atoms with Crippen LogP contribution in [0.2, 0.25) is 0 Å². The first-order chi connectivity index (χ1) is 12.7. The molecule has 0 aliphatic heterocycles. The van der Waals surface area contributed by atoms with Gasteiger partial charge in [0, 0.05) is 12.3 Å². The van der Waals surface area contributed by atoms with Crippen molar-refractivity contribution in [2.75, 3.05) is 19.6 Å². The van der Waals surface area contributed by atoms with E-state index in [4.69, 9.17) is 0 Å². The number of benzene rings is 2. The van der Waals surface area contributed by atoms with E-state index in [9.17, 15) is 4.79 Å². The van der Waals surface area contributed by atoms with Crippen LogP contribution < -0.4 is 5.32 Å². The van der Waals surface area contributed by atoms with Gasteiger partial charge in [0.2, 0.25) is 5.91 Å². The minimum Gasteiger partial charge on any atom is -0.349 e. The Labute approximate surface area is 169 Å². The van der Waals surface area contributed by atoms with E-state index in [1.54, 1.807) is 0 Å². The van der Waals surface area contributed by atoms with Gasteiger partial charge >= 0.3 is 0 Å². The second kappa shape index (κ2) is 10.5. The summed E-state index contributed by atoms with van der Waals surface area (Å²) >= 11 is 0. The smallest absolute Gasteiger partial charge is 0.220 e. The van der Waals surface area contributed by atoms with Crippen molar-refractivity contribution in [1.82, 2.24) is 10.2 Å². The van der Waals surface area contributed by atoms with Crippen molar-refractivity contribution in [3.8, 4) is 0 Å². The Morgan fingerprint density at radius 3 is 2.41 bits per heavy atom. The SMILES string of the molecule is CCN(CC)CCCC(=O)NC1c2ccccc2CC1c1ccccc1.Cl. The first-order valence-electron chi connectivity index (χ1n) is 9.87. The lowest BCUT2D eigenvalue weighted by atomic mass is 9.92. The average Bonchev–Trinajstić information content (AvgIpc) is 3.04. The maximum Gasteiger partial charge on any atom is 0.220 e. The Morgan fingerprint density at radius 2 is 1.70 bits per heavy atom. The molecule has 1 N–H and O–H groups in total. The molecular formula is C23H31ClN2O. The van der Waals surface area contributed by atoms with Gasteiger partial charge in [-0.3, -0.25) is 4.79 Å². The lowest BCUT2D eigenvalue weighted by molar-refractivity contribution is -0.122. The van der Waals surface area contributed by atoms with Gasteiger partial charge in [-0.15, -0.1) is 12.4 Å². The fourth-order valence-electron chi connectivity index (χ4n) is 4.03. The molecule has 0 spiro atoms. The zero-order valence-corrected chi connectivity index (χ0v) is 17.2. The third kappa shape index (κ3) is 5.33. The van der Waals surface area contributed by atoms with Crippen LogP contribution in [-0.2, 0) is 11.2 Å². The molecule has 0 bridgehead atoms. The molecule has 2 unspecified atom stereocenters. The number of hydrogen-bond acceptors (Lipinski definition) is 2. The fraction of sp³-hybridized carbons (Fsp3) is 0.435. The molecule has 0 saturated heterocycles. The predicted octanol–water partition coefficient (Wildman–Crippen LogP) is 4.73. The summed E-state index contributed by atoms with van der Waals surface area (Å²) < 4.78 is 0. The monoisotopic (exact) mass is 386 g/mol. The summed E-state index contributed by atoms with van der Waals surface area (Å²) in [6.07, 6.45) is 2.50. The largest absolute Gasteiger partial charge is 0.349 e. The van der Waals surface area contributed by atoms with Crippen molar-refractivity contribution < 1.29 is 4.79 Å². The Bertz CT molecular complexity index is 715. The first kappa shape index (κ1) is 21.5. The van der Waals surface area contributed by atoms with Gasteiger partial charge in [-0.2, -0.15) is 0 Å². The van der Waals surface area contributed by atoms with E-state index < -0.39 is 0 Å². The average molecular weight is 387 g/mol. The van der Waals surface area contributed by atoms with Gasteiger partial charge in [0.1, 0.15) is 0 Å². The lowest BCUT2D eigenvalue weighted by Gasteiger charge is -2.23. The summed E-state index contributed by atoms with van der Waals surface area (Å²) in [5.74, 6) is 0.486. The van der Waals surface area contributed by atoms with Crippen LogP contribution in [0, 0.1) is 0 Å². The number of rotatable bonds is 8. The molecule has 0 radical (unpaired) electrons. The van der Waals surface area contributed by atoms with Crippen LogP contribution in [0.4, 0.5) is 0 Å². The quantitative estimate of drug-likeness (QED) is 0.711. The molecule has 146 valence electrons. The van der Waals surface area contributed by atoms with E-state index in [-0.39, 0.29) is 24.4 Å². The number of nitrogens with one attached hydrogen (secondary N) is 1. The molecule has 0 aromatic heterocycles. The molecule has 2 atom stereocenters. The Morgan fingerprint density at radius 1 is 1.04 bits per heavy atom. The summed E-state index contributed by atoms with van der Waals surface area (Å²) in [7, 11) is 0. The van der Waals surface area contributed by atoms with Crippen LogP contribution in [-0.4, -0.2) is 30.4 Å². The van der Waals surface area contributed by atoms with Crippen molar-refractivity contribution in [3.63, 3.8) is 0 Å². The summed E-state index contributed by atoms with van der Waals surface area (Å²) in [5, 5.41) is 3.34. The third-order valence-corrected chi connectivity index (χ3v) is 5.55. The highest BCUT2D eigenvalue weighted by Gasteiger charge is 2.34. The summed E-state index contributed by atoms with van der Waals surface area (Å²) in [4.78, 5) is 15.0. The molecule has 1 amide bonds. The Hall–Kier alpha value is -1.84. The maximum atomic E-state index is 12.6. The van der Waals surface area contributed by atoms with Gasteiger partial charge in [0.15, 0.2) is 0 Å². The van der Waals surface area contributed by atoms with E-state index in [1.165, 1.54) is 16.7 Å². The standard InChI is InChI=1S/C23H30N2O.ClH/c1-3-25(4-2)16-10-15-22(26)24-23-20-14-9-8-13-19(20)17-21(23)18-11-6-5-7-12-18;/h5-9,11-14,21,23H,3-4,10,15-17H2,1-2H3,(H,24,26);1H. The fourth-order valence-corrected chi connectivity index (χ4v) is 4.03. The second-order valence-corrected chi connectivity index (χ2v) is 7.10. The summed E-state index contributed by atoms with van der Waals surface area (Å²) in [6, 6.07) is 19.2. The number of hydrogen-bond donors (Lipinski definition) is 1. The number of amides is 1. The molecule has 2 aromatic rings. The molecule has 0 saturated carbocycles. The van der Waals surface area contributed by atoms with Gasteiger partial charge in [-0.25, -0.2) is 0 Å². The maximum absolute atomic E-state index is 12.6. The van der Waals surface area contributed by atoms with Crippen LogP contribution in [0.1, 0.15) is 55.3 Å². The van der Waals surface area contributed by atoms with Crippen LogP contribution in [0.5, 0.6) is 0 Å².